The molecule has 0 aliphatic rings. The van der Waals surface area contributed by atoms with Gasteiger partial charge in [-0.15, -0.1) is 0 Å². The number of halogens is 2. The molecule has 222 valence electrons. The van der Waals surface area contributed by atoms with E-state index in [-0.39, 0.29) is 5.41 Å². The van der Waals surface area contributed by atoms with E-state index < -0.39 is 11.6 Å². The third-order valence-electron chi connectivity index (χ3n) is 9.32. The van der Waals surface area contributed by atoms with Crippen molar-refractivity contribution in [3.05, 3.63) is 157 Å². The number of rotatable bonds is 3. The summed E-state index contributed by atoms with van der Waals surface area (Å²) in [7, 11) is 0. The van der Waals surface area contributed by atoms with Crippen LogP contribution < -0.4 is 0 Å². The largest absolute Gasteiger partial charge is 0.204 e. The van der Waals surface area contributed by atoms with Crippen LogP contribution in [0.3, 0.4) is 0 Å². The summed E-state index contributed by atoms with van der Waals surface area (Å²) in [5, 5.41) is 7.81. The second kappa shape index (κ2) is 10.6. The minimum absolute atomic E-state index is 0.0538. The van der Waals surface area contributed by atoms with Gasteiger partial charge in [0.1, 0.15) is 0 Å². The van der Waals surface area contributed by atoms with Gasteiger partial charge in [0.05, 0.1) is 0 Å². The molecule has 0 amide bonds. The van der Waals surface area contributed by atoms with E-state index in [2.05, 4.69) is 124 Å². The van der Waals surface area contributed by atoms with Crippen LogP contribution >= 0.6 is 0 Å². The molecular formula is C44H32F2. The van der Waals surface area contributed by atoms with Crippen molar-refractivity contribution in [3.8, 4) is 33.4 Å². The Bertz CT molecular complexity index is 2460. The Labute approximate surface area is 267 Å². The Morgan fingerprint density at radius 1 is 0.370 bits per heavy atom. The van der Waals surface area contributed by atoms with Gasteiger partial charge in [-0.1, -0.05) is 130 Å². The van der Waals surface area contributed by atoms with Gasteiger partial charge < -0.3 is 0 Å². The van der Waals surface area contributed by atoms with E-state index in [4.69, 9.17) is 0 Å². The Morgan fingerprint density at radius 3 is 1.33 bits per heavy atom. The number of fused-ring (bicyclic) bond motifs is 4. The fourth-order valence-electron chi connectivity index (χ4n) is 6.87. The lowest BCUT2D eigenvalue weighted by Crippen LogP contribution is -2.10. The Balaban J connectivity index is 1.49. The molecule has 0 saturated carbocycles. The van der Waals surface area contributed by atoms with Crippen LogP contribution in [0.15, 0.2) is 140 Å². The monoisotopic (exact) mass is 598 g/mol. The van der Waals surface area contributed by atoms with Crippen molar-refractivity contribution in [2.75, 3.05) is 0 Å². The number of benzene rings is 8. The Hall–Kier alpha value is -5.34. The van der Waals surface area contributed by atoms with Crippen molar-refractivity contribution in [1.82, 2.24) is 0 Å². The minimum Gasteiger partial charge on any atom is -0.204 e. The lowest BCUT2D eigenvalue weighted by Gasteiger charge is -2.20. The van der Waals surface area contributed by atoms with E-state index in [1.165, 1.54) is 17.7 Å². The highest BCUT2D eigenvalue weighted by Crippen LogP contribution is 2.46. The molecule has 0 N–H and O–H groups in total. The van der Waals surface area contributed by atoms with Gasteiger partial charge in [-0.05, 0) is 118 Å². The summed E-state index contributed by atoms with van der Waals surface area (Å²) in [6, 6.07) is 47.2. The van der Waals surface area contributed by atoms with E-state index >= 15 is 8.78 Å². The van der Waals surface area contributed by atoms with Crippen molar-refractivity contribution in [1.29, 1.82) is 0 Å². The molecule has 0 bridgehead atoms. The molecule has 0 radical (unpaired) electrons. The van der Waals surface area contributed by atoms with Crippen molar-refractivity contribution in [2.45, 2.75) is 26.2 Å². The minimum atomic E-state index is -0.854. The zero-order valence-electron chi connectivity index (χ0n) is 26.0. The third-order valence-corrected chi connectivity index (χ3v) is 9.32. The van der Waals surface area contributed by atoms with Crippen molar-refractivity contribution in [2.24, 2.45) is 0 Å². The highest BCUT2D eigenvalue weighted by Gasteiger charge is 2.21. The summed E-state index contributed by atoms with van der Waals surface area (Å²) in [5.41, 5.74) is 7.23. The van der Waals surface area contributed by atoms with Gasteiger partial charge in [0.2, 0.25) is 0 Å². The standard InChI is InChI=1S/C44H32F2/c1-44(2,3)35-19-16-29(17-20-35)32-18-21-36-37(24-32)43(34-15-13-28-9-5-7-11-31(28)23-34)39-26-41(46)40(45)25-38(39)42(36)33-14-12-27-8-4-6-10-30(27)22-33/h4-26H,1-3H3. The molecule has 8 aromatic carbocycles. The summed E-state index contributed by atoms with van der Waals surface area (Å²) in [5.74, 6) is -1.71. The summed E-state index contributed by atoms with van der Waals surface area (Å²) in [6.45, 7) is 6.65. The molecule has 0 aliphatic heterocycles. The number of hydrogen-bond donors (Lipinski definition) is 0. The Morgan fingerprint density at radius 2 is 0.804 bits per heavy atom. The molecule has 0 atom stereocenters. The highest BCUT2D eigenvalue weighted by atomic mass is 19.2. The molecule has 46 heavy (non-hydrogen) atoms. The number of hydrogen-bond acceptors (Lipinski definition) is 0. The first-order valence-corrected chi connectivity index (χ1v) is 15.7. The van der Waals surface area contributed by atoms with Gasteiger partial charge in [-0.2, -0.15) is 0 Å². The zero-order chi connectivity index (χ0) is 31.6. The van der Waals surface area contributed by atoms with Crippen molar-refractivity contribution >= 4 is 43.1 Å². The molecule has 2 heteroatoms. The normalized spacial score (nSPS) is 12.0. The maximum absolute atomic E-state index is 15.2. The molecular weight excluding hydrogens is 566 g/mol. The van der Waals surface area contributed by atoms with Gasteiger partial charge in [-0.3, -0.25) is 0 Å². The van der Waals surface area contributed by atoms with Gasteiger partial charge in [0.25, 0.3) is 0 Å². The highest BCUT2D eigenvalue weighted by molar-refractivity contribution is 6.22. The quantitative estimate of drug-likeness (QED) is 0.178. The fraction of sp³-hybridized carbons (Fsp3) is 0.0909. The van der Waals surface area contributed by atoms with Crippen LogP contribution in [0.1, 0.15) is 26.3 Å². The topological polar surface area (TPSA) is 0 Å². The molecule has 0 heterocycles. The maximum atomic E-state index is 15.2. The van der Waals surface area contributed by atoms with Crippen molar-refractivity contribution in [3.63, 3.8) is 0 Å². The van der Waals surface area contributed by atoms with Crippen LogP contribution in [0.4, 0.5) is 8.78 Å². The van der Waals surface area contributed by atoms with Gasteiger partial charge >= 0.3 is 0 Å². The molecule has 0 saturated heterocycles. The first-order chi connectivity index (χ1) is 22.2. The maximum Gasteiger partial charge on any atom is 0.159 e. The smallest absolute Gasteiger partial charge is 0.159 e. The average molecular weight is 599 g/mol. The summed E-state index contributed by atoms with van der Waals surface area (Å²) in [6.07, 6.45) is 0. The predicted octanol–water partition coefficient (Wildman–Crippen LogP) is 12.9. The SMILES string of the molecule is CC(C)(C)c1ccc(-c2ccc3c(-c4ccc5ccccc5c4)c4cc(F)c(F)cc4c(-c4ccc5ccccc5c4)c3c2)cc1. The zero-order valence-corrected chi connectivity index (χ0v) is 26.0. The van der Waals surface area contributed by atoms with E-state index in [0.717, 1.165) is 65.7 Å². The van der Waals surface area contributed by atoms with E-state index in [1.807, 2.05) is 24.3 Å². The van der Waals surface area contributed by atoms with E-state index in [1.54, 1.807) is 0 Å². The second-order valence-electron chi connectivity index (χ2n) is 13.3. The van der Waals surface area contributed by atoms with Crippen LogP contribution in [-0.4, -0.2) is 0 Å². The third kappa shape index (κ3) is 4.73. The van der Waals surface area contributed by atoms with Crippen molar-refractivity contribution < 1.29 is 8.78 Å². The average Bonchev–Trinajstić information content (AvgIpc) is 3.07. The van der Waals surface area contributed by atoms with E-state index in [0.29, 0.717) is 10.8 Å². The second-order valence-corrected chi connectivity index (χ2v) is 13.3. The lowest BCUT2D eigenvalue weighted by molar-refractivity contribution is 0.511. The van der Waals surface area contributed by atoms with E-state index in [9.17, 15) is 0 Å². The molecule has 0 unspecified atom stereocenters. The summed E-state index contributed by atoms with van der Waals surface area (Å²) >= 11 is 0. The van der Waals surface area contributed by atoms with Crippen LogP contribution in [0.2, 0.25) is 0 Å². The van der Waals surface area contributed by atoms with Crippen LogP contribution in [0.5, 0.6) is 0 Å². The van der Waals surface area contributed by atoms with Crippen LogP contribution in [0, 0.1) is 11.6 Å². The summed E-state index contributed by atoms with van der Waals surface area (Å²) in [4.78, 5) is 0. The first-order valence-electron chi connectivity index (χ1n) is 15.7. The molecule has 0 aromatic heterocycles. The molecule has 0 spiro atoms. The molecule has 8 rings (SSSR count). The fourth-order valence-corrected chi connectivity index (χ4v) is 6.87. The summed E-state index contributed by atoms with van der Waals surface area (Å²) < 4.78 is 30.4. The van der Waals surface area contributed by atoms with Crippen LogP contribution in [0.25, 0.3) is 76.5 Å². The predicted molar refractivity (Wildman–Crippen MR) is 191 cm³/mol. The van der Waals surface area contributed by atoms with Crippen LogP contribution in [-0.2, 0) is 5.41 Å². The molecule has 0 aliphatic carbocycles. The Kier molecular flexibility index (Phi) is 6.51. The molecule has 0 fully saturated rings. The lowest BCUT2D eigenvalue weighted by atomic mass is 9.83. The molecule has 0 nitrogen and oxygen atoms in total. The first kappa shape index (κ1) is 28.2. The van der Waals surface area contributed by atoms with Gasteiger partial charge in [0, 0.05) is 0 Å². The van der Waals surface area contributed by atoms with Gasteiger partial charge in [0.15, 0.2) is 11.6 Å². The molecule has 8 aromatic rings. The van der Waals surface area contributed by atoms with Gasteiger partial charge in [-0.25, -0.2) is 8.78 Å².